The van der Waals surface area contributed by atoms with E-state index < -0.39 is 0 Å². The minimum absolute atomic E-state index is 0.272. The number of hydrogen-bond donors (Lipinski definition) is 4. The smallest absolute Gasteiger partial charge is 0.255 e. The molecule has 0 bridgehead atoms. The van der Waals surface area contributed by atoms with Gasteiger partial charge in [-0.15, -0.1) is 0 Å². The van der Waals surface area contributed by atoms with Gasteiger partial charge in [0, 0.05) is 11.1 Å². The van der Waals surface area contributed by atoms with Crippen molar-refractivity contribution in [3.8, 4) is 17.0 Å². The number of benzene rings is 3. The van der Waals surface area contributed by atoms with E-state index in [0.29, 0.717) is 47.4 Å². The molecule has 3 aromatic carbocycles. The summed E-state index contributed by atoms with van der Waals surface area (Å²) in [6.45, 7) is 0.944. The summed E-state index contributed by atoms with van der Waals surface area (Å²) in [5.41, 5.74) is 13.2. The van der Waals surface area contributed by atoms with E-state index in [-0.39, 0.29) is 5.91 Å². The SMILES string of the molecule is COc1cc(COCc2ccccc2)ccc1NC(=O)c1cccc(-c2ccc(N)c(NN)n2)c1. The van der Waals surface area contributed by atoms with Crippen LogP contribution in [-0.2, 0) is 18.0 Å². The number of pyridine rings is 1. The van der Waals surface area contributed by atoms with Gasteiger partial charge in [0.25, 0.3) is 5.91 Å². The topological polar surface area (TPSA) is 125 Å². The molecule has 0 saturated heterocycles. The summed E-state index contributed by atoms with van der Waals surface area (Å²) < 4.78 is 11.3. The molecule has 0 unspecified atom stereocenters. The van der Waals surface area contributed by atoms with Crippen molar-refractivity contribution in [2.75, 3.05) is 23.6 Å². The molecule has 0 aliphatic heterocycles. The molecule has 1 amide bonds. The Kier molecular flexibility index (Phi) is 7.57. The lowest BCUT2D eigenvalue weighted by Crippen LogP contribution is -2.13. The van der Waals surface area contributed by atoms with E-state index in [1.807, 2.05) is 54.6 Å². The molecule has 0 radical (unpaired) electrons. The molecule has 1 heterocycles. The van der Waals surface area contributed by atoms with E-state index in [1.54, 1.807) is 37.4 Å². The fraction of sp³-hybridized carbons (Fsp3) is 0.111. The van der Waals surface area contributed by atoms with Crippen molar-refractivity contribution >= 4 is 23.1 Å². The summed E-state index contributed by atoms with van der Waals surface area (Å²) in [7, 11) is 1.57. The van der Waals surface area contributed by atoms with Crippen molar-refractivity contribution in [2.45, 2.75) is 13.2 Å². The zero-order valence-corrected chi connectivity index (χ0v) is 19.3. The van der Waals surface area contributed by atoms with Gasteiger partial charge in [0.1, 0.15) is 5.75 Å². The Bertz CT molecular complexity index is 1310. The maximum atomic E-state index is 13.0. The van der Waals surface area contributed by atoms with Gasteiger partial charge in [-0.1, -0.05) is 48.5 Å². The van der Waals surface area contributed by atoms with E-state index in [9.17, 15) is 4.79 Å². The van der Waals surface area contributed by atoms with Crippen LogP contribution in [0.25, 0.3) is 11.3 Å². The van der Waals surface area contributed by atoms with Crippen LogP contribution >= 0.6 is 0 Å². The second-order valence-corrected chi connectivity index (χ2v) is 7.83. The van der Waals surface area contributed by atoms with Gasteiger partial charge in [-0.2, -0.15) is 0 Å². The van der Waals surface area contributed by atoms with E-state index in [1.165, 1.54) is 0 Å². The van der Waals surface area contributed by atoms with Crippen LogP contribution in [0.2, 0.25) is 0 Å². The number of nitrogen functional groups attached to an aromatic ring is 2. The first-order chi connectivity index (χ1) is 17.1. The third-order valence-electron chi connectivity index (χ3n) is 5.38. The first-order valence-corrected chi connectivity index (χ1v) is 11.0. The van der Waals surface area contributed by atoms with Crippen molar-refractivity contribution in [2.24, 2.45) is 5.84 Å². The molecule has 0 spiro atoms. The van der Waals surface area contributed by atoms with Gasteiger partial charge in [-0.3, -0.25) is 4.79 Å². The van der Waals surface area contributed by atoms with Crippen LogP contribution in [0, 0.1) is 0 Å². The molecule has 0 atom stereocenters. The normalized spacial score (nSPS) is 10.6. The lowest BCUT2D eigenvalue weighted by atomic mass is 10.1. The monoisotopic (exact) mass is 469 g/mol. The summed E-state index contributed by atoms with van der Waals surface area (Å²) in [5, 5.41) is 2.92. The second-order valence-electron chi connectivity index (χ2n) is 7.83. The minimum Gasteiger partial charge on any atom is -0.495 e. The van der Waals surface area contributed by atoms with Gasteiger partial charge < -0.3 is 25.9 Å². The lowest BCUT2D eigenvalue weighted by Gasteiger charge is -2.13. The molecular formula is C27H27N5O3. The largest absolute Gasteiger partial charge is 0.495 e. The van der Waals surface area contributed by atoms with E-state index >= 15 is 0 Å². The van der Waals surface area contributed by atoms with E-state index in [4.69, 9.17) is 21.1 Å². The van der Waals surface area contributed by atoms with Crippen molar-refractivity contribution < 1.29 is 14.3 Å². The summed E-state index contributed by atoms with van der Waals surface area (Å²) in [4.78, 5) is 17.4. The number of hydrogen-bond acceptors (Lipinski definition) is 7. The molecular weight excluding hydrogens is 442 g/mol. The van der Waals surface area contributed by atoms with Crippen LogP contribution in [0.4, 0.5) is 17.2 Å². The molecule has 0 aliphatic carbocycles. The number of carbonyl (C=O) groups excluding carboxylic acids is 1. The van der Waals surface area contributed by atoms with Crippen LogP contribution in [-0.4, -0.2) is 18.0 Å². The molecule has 1 aromatic heterocycles. The maximum absolute atomic E-state index is 13.0. The quantitative estimate of drug-likeness (QED) is 0.209. The predicted octanol–water partition coefficient (Wildman–Crippen LogP) is 4.59. The first-order valence-electron chi connectivity index (χ1n) is 11.0. The second kappa shape index (κ2) is 11.1. The average Bonchev–Trinajstić information content (AvgIpc) is 2.90. The van der Waals surface area contributed by atoms with Gasteiger partial charge in [-0.05, 0) is 47.5 Å². The van der Waals surface area contributed by atoms with E-state index in [0.717, 1.165) is 16.7 Å². The molecule has 4 rings (SSSR count). The number of carbonyl (C=O) groups is 1. The number of nitrogens with zero attached hydrogens (tertiary/aromatic N) is 1. The number of aromatic nitrogens is 1. The number of rotatable bonds is 9. The van der Waals surface area contributed by atoms with Gasteiger partial charge in [0.05, 0.1) is 37.4 Å². The zero-order valence-electron chi connectivity index (χ0n) is 19.3. The highest BCUT2D eigenvalue weighted by Crippen LogP contribution is 2.28. The number of nitrogens with one attached hydrogen (secondary N) is 2. The Labute approximate surface area is 203 Å². The fourth-order valence-corrected chi connectivity index (χ4v) is 3.55. The fourth-order valence-electron chi connectivity index (χ4n) is 3.55. The van der Waals surface area contributed by atoms with E-state index in [2.05, 4.69) is 15.7 Å². The highest BCUT2D eigenvalue weighted by atomic mass is 16.5. The van der Waals surface area contributed by atoms with Crippen LogP contribution < -0.4 is 27.1 Å². The number of nitrogens with two attached hydrogens (primary N) is 2. The first kappa shape index (κ1) is 23.7. The Morgan fingerprint density at radius 1 is 0.914 bits per heavy atom. The summed E-state index contributed by atoms with van der Waals surface area (Å²) in [6.07, 6.45) is 0. The van der Waals surface area contributed by atoms with Crippen LogP contribution in [0.3, 0.4) is 0 Å². The van der Waals surface area contributed by atoms with Crippen molar-refractivity contribution in [1.29, 1.82) is 0 Å². The summed E-state index contributed by atoms with van der Waals surface area (Å²) in [5.74, 6) is 6.12. The van der Waals surface area contributed by atoms with Gasteiger partial charge in [0.15, 0.2) is 5.82 Å². The standard InChI is InChI=1S/C27H27N5O3/c1-34-25-14-19(17-35-16-18-6-3-2-4-7-18)10-12-24(25)31-27(33)21-9-5-8-20(15-21)23-13-11-22(28)26(30-23)32-29/h2-15H,16-17,28-29H2,1H3,(H,30,32)(H,31,33). The molecule has 6 N–H and O–H groups in total. The highest BCUT2D eigenvalue weighted by molar-refractivity contribution is 6.05. The number of methoxy groups -OCH3 is 1. The Hall–Kier alpha value is -4.40. The molecule has 35 heavy (non-hydrogen) atoms. The van der Waals surface area contributed by atoms with Gasteiger partial charge >= 0.3 is 0 Å². The summed E-state index contributed by atoms with van der Waals surface area (Å²) >= 11 is 0. The molecule has 8 heteroatoms. The Morgan fingerprint density at radius 3 is 2.49 bits per heavy atom. The summed E-state index contributed by atoms with van der Waals surface area (Å²) in [6, 6.07) is 26.2. The molecule has 0 saturated carbocycles. The lowest BCUT2D eigenvalue weighted by molar-refractivity contribution is 0.102. The minimum atomic E-state index is -0.272. The molecule has 4 aromatic rings. The molecule has 8 nitrogen and oxygen atoms in total. The number of hydrazine groups is 1. The van der Waals surface area contributed by atoms with Crippen molar-refractivity contribution in [3.63, 3.8) is 0 Å². The number of anilines is 3. The number of amides is 1. The van der Waals surface area contributed by atoms with Crippen molar-refractivity contribution in [3.05, 3.63) is 102 Å². The van der Waals surface area contributed by atoms with Crippen molar-refractivity contribution in [1.82, 2.24) is 4.98 Å². The molecule has 0 aliphatic rings. The number of ether oxygens (including phenoxy) is 2. The Balaban J connectivity index is 1.45. The maximum Gasteiger partial charge on any atom is 0.255 e. The Morgan fingerprint density at radius 2 is 1.71 bits per heavy atom. The van der Waals surface area contributed by atoms with Gasteiger partial charge in [-0.25, -0.2) is 10.8 Å². The van der Waals surface area contributed by atoms with Crippen LogP contribution in [0.5, 0.6) is 5.75 Å². The average molecular weight is 470 g/mol. The van der Waals surface area contributed by atoms with Gasteiger partial charge in [0.2, 0.25) is 0 Å². The van der Waals surface area contributed by atoms with Crippen LogP contribution in [0.1, 0.15) is 21.5 Å². The highest BCUT2D eigenvalue weighted by Gasteiger charge is 2.13. The molecule has 178 valence electrons. The third kappa shape index (κ3) is 5.94. The third-order valence-corrected chi connectivity index (χ3v) is 5.38. The van der Waals surface area contributed by atoms with Crippen LogP contribution in [0.15, 0.2) is 84.9 Å². The zero-order chi connectivity index (χ0) is 24.6. The predicted molar refractivity (Wildman–Crippen MR) is 138 cm³/mol. The molecule has 0 fully saturated rings.